The van der Waals surface area contributed by atoms with E-state index in [2.05, 4.69) is 5.32 Å². The summed E-state index contributed by atoms with van der Waals surface area (Å²) in [5.41, 5.74) is 6.36. The van der Waals surface area contributed by atoms with Crippen LogP contribution in [0.15, 0.2) is 29.6 Å². The summed E-state index contributed by atoms with van der Waals surface area (Å²) in [5, 5.41) is 5.53. The van der Waals surface area contributed by atoms with Crippen LogP contribution in [0.1, 0.15) is 34.6 Å². The van der Waals surface area contributed by atoms with Gasteiger partial charge in [-0.05, 0) is 30.0 Å². The van der Waals surface area contributed by atoms with Crippen LogP contribution in [0.5, 0.6) is 0 Å². The Labute approximate surface area is 131 Å². The van der Waals surface area contributed by atoms with Crippen molar-refractivity contribution in [1.29, 1.82) is 0 Å². The van der Waals surface area contributed by atoms with E-state index in [1.54, 1.807) is 11.3 Å². The summed E-state index contributed by atoms with van der Waals surface area (Å²) in [6, 6.07) is 7.00. The lowest BCUT2D eigenvalue weighted by Crippen LogP contribution is -2.27. The summed E-state index contributed by atoms with van der Waals surface area (Å²) in [4.78, 5) is 13.4. The maximum Gasteiger partial charge on any atom is 0.251 e. The minimum absolute atomic E-state index is 0.0161. The molecule has 1 amide bonds. The molecular formula is C14H14Cl2N2OS. The average molecular weight is 329 g/mol. The molecular weight excluding hydrogens is 315 g/mol. The summed E-state index contributed by atoms with van der Waals surface area (Å²) in [5.74, 6) is -0.214. The molecule has 6 heteroatoms. The number of halogens is 2. The number of nitrogens with one attached hydrogen (secondary N) is 1. The molecule has 3 N–H and O–H groups in total. The van der Waals surface area contributed by atoms with Crippen molar-refractivity contribution in [2.24, 2.45) is 0 Å². The minimum atomic E-state index is -0.214. The largest absolute Gasteiger partial charge is 0.396 e. The summed E-state index contributed by atoms with van der Waals surface area (Å²) in [6.07, 6.45) is 0.808. The first kappa shape index (κ1) is 15.2. The van der Waals surface area contributed by atoms with Crippen LogP contribution in [0.2, 0.25) is 10.0 Å². The Hall–Kier alpha value is -1.23. The van der Waals surface area contributed by atoms with Crippen LogP contribution in [-0.2, 0) is 0 Å². The first-order valence-electron chi connectivity index (χ1n) is 6.11. The van der Waals surface area contributed by atoms with Gasteiger partial charge in [0.1, 0.15) is 0 Å². The van der Waals surface area contributed by atoms with E-state index in [1.165, 1.54) is 12.1 Å². The van der Waals surface area contributed by atoms with E-state index in [9.17, 15) is 4.79 Å². The van der Waals surface area contributed by atoms with Gasteiger partial charge in [-0.3, -0.25) is 4.79 Å². The van der Waals surface area contributed by atoms with Gasteiger partial charge in [0.2, 0.25) is 0 Å². The molecule has 3 nitrogen and oxygen atoms in total. The summed E-state index contributed by atoms with van der Waals surface area (Å²) >= 11 is 13.5. The van der Waals surface area contributed by atoms with E-state index in [0.717, 1.165) is 11.3 Å². The fourth-order valence-corrected chi connectivity index (χ4v) is 3.17. The number of benzene rings is 1. The SMILES string of the molecule is CCC(NC(=O)c1cc(Cl)c(N)c(Cl)c1)c1cccs1. The highest BCUT2D eigenvalue weighted by atomic mass is 35.5. The van der Waals surface area contributed by atoms with Gasteiger partial charge in [-0.1, -0.05) is 36.2 Å². The summed E-state index contributed by atoms with van der Waals surface area (Å²) in [7, 11) is 0. The normalized spacial score (nSPS) is 12.2. The Morgan fingerprint density at radius 2 is 2.05 bits per heavy atom. The molecule has 1 heterocycles. The molecule has 0 radical (unpaired) electrons. The fraction of sp³-hybridized carbons (Fsp3) is 0.214. The maximum absolute atomic E-state index is 12.3. The monoisotopic (exact) mass is 328 g/mol. The fourth-order valence-electron chi connectivity index (χ4n) is 1.82. The zero-order valence-electron chi connectivity index (χ0n) is 10.8. The van der Waals surface area contributed by atoms with Gasteiger partial charge >= 0.3 is 0 Å². The Balaban J connectivity index is 2.19. The van der Waals surface area contributed by atoms with Crippen molar-refractivity contribution >= 4 is 46.1 Å². The number of hydrogen-bond acceptors (Lipinski definition) is 3. The predicted molar refractivity (Wildman–Crippen MR) is 85.7 cm³/mol. The Kier molecular flexibility index (Phi) is 4.91. The number of amides is 1. The van der Waals surface area contributed by atoms with Gasteiger partial charge < -0.3 is 11.1 Å². The summed E-state index contributed by atoms with van der Waals surface area (Å²) < 4.78 is 0. The van der Waals surface area contributed by atoms with E-state index >= 15 is 0 Å². The average Bonchev–Trinajstić information content (AvgIpc) is 2.95. The van der Waals surface area contributed by atoms with Crippen LogP contribution in [0, 0.1) is 0 Å². The van der Waals surface area contributed by atoms with E-state index in [1.807, 2.05) is 24.4 Å². The van der Waals surface area contributed by atoms with Crippen LogP contribution in [0.4, 0.5) is 5.69 Å². The molecule has 0 aliphatic rings. The Morgan fingerprint density at radius 1 is 1.40 bits per heavy atom. The van der Waals surface area contributed by atoms with Crippen molar-refractivity contribution < 1.29 is 4.79 Å². The van der Waals surface area contributed by atoms with E-state index in [4.69, 9.17) is 28.9 Å². The van der Waals surface area contributed by atoms with Crippen LogP contribution in [-0.4, -0.2) is 5.91 Å². The lowest BCUT2D eigenvalue weighted by Gasteiger charge is -2.16. The highest BCUT2D eigenvalue weighted by Gasteiger charge is 2.16. The van der Waals surface area contributed by atoms with E-state index < -0.39 is 0 Å². The molecule has 20 heavy (non-hydrogen) atoms. The van der Waals surface area contributed by atoms with Gasteiger partial charge in [-0.25, -0.2) is 0 Å². The van der Waals surface area contributed by atoms with Crippen molar-refractivity contribution in [3.8, 4) is 0 Å². The molecule has 0 saturated carbocycles. The van der Waals surface area contributed by atoms with Crippen LogP contribution in [0.25, 0.3) is 0 Å². The number of rotatable bonds is 4. The molecule has 0 aliphatic carbocycles. The maximum atomic E-state index is 12.3. The predicted octanol–water partition coefficient (Wildman–Crippen LogP) is 4.52. The van der Waals surface area contributed by atoms with E-state index in [-0.39, 0.29) is 27.7 Å². The van der Waals surface area contributed by atoms with Crippen LogP contribution < -0.4 is 11.1 Å². The summed E-state index contributed by atoms with van der Waals surface area (Å²) in [6.45, 7) is 2.02. The molecule has 0 aliphatic heterocycles. The number of thiophene rings is 1. The highest BCUT2D eigenvalue weighted by molar-refractivity contribution is 7.10. The lowest BCUT2D eigenvalue weighted by molar-refractivity contribution is 0.0936. The molecule has 1 aromatic carbocycles. The standard InChI is InChI=1S/C14H14Cl2N2OS/c1-2-11(12-4-3-5-20-12)18-14(19)8-6-9(15)13(17)10(16)7-8/h3-7,11H,2,17H2,1H3,(H,18,19). The van der Waals surface area contributed by atoms with Crippen LogP contribution >= 0.6 is 34.5 Å². The Bertz CT molecular complexity index is 591. The lowest BCUT2D eigenvalue weighted by atomic mass is 10.1. The molecule has 1 atom stereocenters. The molecule has 0 saturated heterocycles. The number of carbonyl (C=O) groups is 1. The second-order valence-corrected chi connectivity index (χ2v) is 6.10. The quantitative estimate of drug-likeness (QED) is 0.811. The highest BCUT2D eigenvalue weighted by Crippen LogP contribution is 2.29. The van der Waals surface area contributed by atoms with Gasteiger partial charge in [-0.15, -0.1) is 11.3 Å². The molecule has 0 bridgehead atoms. The first-order valence-corrected chi connectivity index (χ1v) is 7.75. The molecule has 1 aromatic heterocycles. The van der Waals surface area contributed by atoms with Crippen molar-refractivity contribution in [3.05, 3.63) is 50.1 Å². The first-order chi connectivity index (χ1) is 9.52. The van der Waals surface area contributed by atoms with Crippen molar-refractivity contribution in [3.63, 3.8) is 0 Å². The molecule has 2 rings (SSSR count). The van der Waals surface area contributed by atoms with Gasteiger partial charge in [0, 0.05) is 10.4 Å². The third kappa shape index (κ3) is 3.26. The minimum Gasteiger partial charge on any atom is -0.396 e. The number of anilines is 1. The van der Waals surface area contributed by atoms with Gasteiger partial charge in [0.15, 0.2) is 0 Å². The zero-order chi connectivity index (χ0) is 14.7. The van der Waals surface area contributed by atoms with Crippen molar-refractivity contribution in [2.45, 2.75) is 19.4 Å². The van der Waals surface area contributed by atoms with Crippen LogP contribution in [0.3, 0.4) is 0 Å². The number of nitrogens with two attached hydrogens (primary N) is 1. The molecule has 0 spiro atoms. The number of carbonyl (C=O) groups excluding carboxylic acids is 1. The number of nitrogen functional groups attached to an aromatic ring is 1. The van der Waals surface area contributed by atoms with Crippen molar-refractivity contribution in [2.75, 3.05) is 5.73 Å². The van der Waals surface area contributed by atoms with Crippen molar-refractivity contribution in [1.82, 2.24) is 5.32 Å². The number of hydrogen-bond donors (Lipinski definition) is 2. The van der Waals surface area contributed by atoms with Gasteiger partial charge in [0.05, 0.1) is 21.8 Å². The topological polar surface area (TPSA) is 55.1 Å². The smallest absolute Gasteiger partial charge is 0.251 e. The second kappa shape index (κ2) is 6.48. The third-order valence-corrected chi connectivity index (χ3v) is 4.55. The molecule has 106 valence electrons. The Morgan fingerprint density at radius 3 is 2.55 bits per heavy atom. The zero-order valence-corrected chi connectivity index (χ0v) is 13.1. The second-order valence-electron chi connectivity index (χ2n) is 4.30. The molecule has 1 unspecified atom stereocenters. The van der Waals surface area contributed by atoms with E-state index in [0.29, 0.717) is 5.56 Å². The third-order valence-electron chi connectivity index (χ3n) is 2.94. The molecule has 2 aromatic rings. The molecule has 0 fully saturated rings. The van der Waals surface area contributed by atoms with Gasteiger partial charge in [0.25, 0.3) is 5.91 Å². The van der Waals surface area contributed by atoms with Gasteiger partial charge in [-0.2, -0.15) is 0 Å².